The molecule has 0 saturated carbocycles. The van der Waals surface area contributed by atoms with Gasteiger partial charge in [-0.1, -0.05) is 92.7 Å². The molecule has 3 aromatic rings. The standard InChI is InChI=1S/C25H28N2O/c1-19(2)25(21-13-7-4-8-14-21)26-18-24(28)27-23-16-10-9-15-22(23)17-20-11-5-3-6-12-20/h3-16,19,25-26H,17-18H2,1-2H3,(H,27,28)/p+1/t25-/m0/s1. The van der Waals surface area contributed by atoms with Gasteiger partial charge in [0.15, 0.2) is 6.54 Å². The minimum atomic E-state index is 0.0297. The molecular weight excluding hydrogens is 344 g/mol. The maximum absolute atomic E-state index is 12.6. The fraction of sp³-hybridized carbons (Fsp3) is 0.240. The van der Waals surface area contributed by atoms with E-state index < -0.39 is 0 Å². The maximum Gasteiger partial charge on any atom is 0.279 e. The summed E-state index contributed by atoms with van der Waals surface area (Å²) in [7, 11) is 0. The number of anilines is 1. The highest BCUT2D eigenvalue weighted by Gasteiger charge is 2.20. The normalized spacial score (nSPS) is 12.0. The summed E-state index contributed by atoms with van der Waals surface area (Å²) in [5, 5.41) is 5.24. The van der Waals surface area contributed by atoms with Gasteiger partial charge < -0.3 is 10.6 Å². The van der Waals surface area contributed by atoms with Crippen LogP contribution in [0.5, 0.6) is 0 Å². The van der Waals surface area contributed by atoms with Crippen molar-refractivity contribution in [3.05, 3.63) is 102 Å². The zero-order valence-corrected chi connectivity index (χ0v) is 16.6. The Hall–Kier alpha value is -2.91. The molecule has 0 aliphatic carbocycles. The molecule has 3 heteroatoms. The summed E-state index contributed by atoms with van der Waals surface area (Å²) in [6.45, 7) is 4.79. The van der Waals surface area contributed by atoms with Gasteiger partial charge in [0.05, 0.1) is 0 Å². The average molecular weight is 374 g/mol. The van der Waals surface area contributed by atoms with Crippen LogP contribution in [0.2, 0.25) is 0 Å². The molecule has 0 aliphatic heterocycles. The van der Waals surface area contributed by atoms with E-state index in [1.807, 2.05) is 42.5 Å². The maximum atomic E-state index is 12.6. The molecule has 0 unspecified atom stereocenters. The molecule has 0 radical (unpaired) electrons. The third kappa shape index (κ3) is 5.54. The Balaban J connectivity index is 1.63. The van der Waals surface area contributed by atoms with Gasteiger partial charge in [0.25, 0.3) is 5.91 Å². The van der Waals surface area contributed by atoms with E-state index in [0.29, 0.717) is 12.5 Å². The van der Waals surface area contributed by atoms with Gasteiger partial charge in [-0.2, -0.15) is 0 Å². The molecule has 0 aromatic heterocycles. The fourth-order valence-corrected chi connectivity index (χ4v) is 3.52. The number of carbonyl (C=O) groups excluding carboxylic acids is 1. The highest BCUT2D eigenvalue weighted by Crippen LogP contribution is 2.19. The van der Waals surface area contributed by atoms with Gasteiger partial charge in [-0.05, 0) is 23.6 Å². The Morgan fingerprint density at radius 1 is 0.857 bits per heavy atom. The van der Waals surface area contributed by atoms with Crippen molar-refractivity contribution in [1.82, 2.24) is 0 Å². The summed E-state index contributed by atoms with van der Waals surface area (Å²) in [6.07, 6.45) is 0.805. The largest absolute Gasteiger partial charge is 0.332 e. The summed E-state index contributed by atoms with van der Waals surface area (Å²) in [4.78, 5) is 12.6. The molecule has 0 aliphatic rings. The second-order valence-electron chi connectivity index (χ2n) is 7.49. The minimum absolute atomic E-state index is 0.0297. The number of nitrogens with two attached hydrogens (primary N) is 1. The van der Waals surface area contributed by atoms with Crippen LogP contribution in [0.15, 0.2) is 84.9 Å². The highest BCUT2D eigenvalue weighted by molar-refractivity contribution is 5.92. The number of rotatable bonds is 8. The van der Waals surface area contributed by atoms with Crippen LogP contribution in [0, 0.1) is 5.92 Å². The lowest BCUT2D eigenvalue weighted by atomic mass is 9.96. The molecule has 3 rings (SSSR count). The lowest BCUT2D eigenvalue weighted by molar-refractivity contribution is -0.692. The molecule has 0 saturated heterocycles. The second-order valence-corrected chi connectivity index (χ2v) is 7.49. The number of nitrogens with one attached hydrogen (secondary N) is 1. The van der Waals surface area contributed by atoms with Gasteiger partial charge in [0, 0.05) is 17.2 Å². The fourth-order valence-electron chi connectivity index (χ4n) is 3.52. The minimum Gasteiger partial charge on any atom is -0.332 e. The molecule has 1 atom stereocenters. The molecule has 0 bridgehead atoms. The Labute approximate surface area is 167 Å². The molecule has 1 amide bonds. The Kier molecular flexibility index (Phi) is 6.99. The van der Waals surface area contributed by atoms with Gasteiger partial charge in [0.2, 0.25) is 0 Å². The van der Waals surface area contributed by atoms with E-state index in [-0.39, 0.29) is 11.9 Å². The molecule has 3 N–H and O–H groups in total. The van der Waals surface area contributed by atoms with Crippen LogP contribution in [0.25, 0.3) is 0 Å². The number of hydrogen-bond acceptors (Lipinski definition) is 1. The topological polar surface area (TPSA) is 45.7 Å². The summed E-state index contributed by atoms with van der Waals surface area (Å²) >= 11 is 0. The first kappa shape index (κ1) is 19.8. The van der Waals surface area contributed by atoms with Crippen LogP contribution in [0.3, 0.4) is 0 Å². The van der Waals surface area contributed by atoms with Crippen LogP contribution < -0.4 is 10.6 Å². The Morgan fingerprint density at radius 2 is 1.46 bits per heavy atom. The van der Waals surface area contributed by atoms with Crippen molar-refractivity contribution < 1.29 is 10.1 Å². The summed E-state index contributed by atoms with van der Waals surface area (Å²) in [6, 6.07) is 29.0. The first-order valence-electron chi connectivity index (χ1n) is 9.93. The first-order chi connectivity index (χ1) is 13.6. The third-order valence-corrected chi connectivity index (χ3v) is 4.99. The number of hydrogen-bond donors (Lipinski definition) is 2. The van der Waals surface area contributed by atoms with Crippen LogP contribution >= 0.6 is 0 Å². The summed E-state index contributed by atoms with van der Waals surface area (Å²) < 4.78 is 0. The van der Waals surface area contributed by atoms with Crippen molar-refractivity contribution in [2.75, 3.05) is 11.9 Å². The second kappa shape index (κ2) is 9.86. The summed E-state index contributed by atoms with van der Waals surface area (Å²) in [5.74, 6) is 0.475. The van der Waals surface area contributed by atoms with Crippen molar-refractivity contribution >= 4 is 11.6 Å². The van der Waals surface area contributed by atoms with E-state index >= 15 is 0 Å². The average Bonchev–Trinajstić information content (AvgIpc) is 2.71. The molecule has 144 valence electrons. The molecule has 3 nitrogen and oxygen atoms in total. The van der Waals surface area contributed by atoms with E-state index in [9.17, 15) is 4.79 Å². The predicted molar refractivity (Wildman–Crippen MR) is 115 cm³/mol. The van der Waals surface area contributed by atoms with Crippen molar-refractivity contribution in [2.24, 2.45) is 5.92 Å². The van der Waals surface area contributed by atoms with Crippen molar-refractivity contribution in [2.45, 2.75) is 26.3 Å². The van der Waals surface area contributed by atoms with Gasteiger partial charge in [0.1, 0.15) is 6.04 Å². The van der Waals surface area contributed by atoms with Gasteiger partial charge in [-0.15, -0.1) is 0 Å². The number of carbonyl (C=O) groups is 1. The zero-order valence-electron chi connectivity index (χ0n) is 16.6. The number of para-hydroxylation sites is 1. The smallest absolute Gasteiger partial charge is 0.279 e. The molecule has 28 heavy (non-hydrogen) atoms. The number of amides is 1. The Morgan fingerprint density at radius 3 is 2.14 bits per heavy atom. The molecule has 0 fully saturated rings. The first-order valence-corrected chi connectivity index (χ1v) is 9.93. The van der Waals surface area contributed by atoms with E-state index in [1.165, 1.54) is 11.1 Å². The molecule has 0 spiro atoms. The molecule has 0 heterocycles. The lowest BCUT2D eigenvalue weighted by Gasteiger charge is -2.19. The number of benzene rings is 3. The molecular formula is C25H29N2O+. The summed E-state index contributed by atoms with van der Waals surface area (Å²) in [5.41, 5.74) is 4.52. The number of quaternary nitrogens is 1. The van der Waals surface area contributed by atoms with Crippen LogP contribution in [-0.2, 0) is 11.2 Å². The zero-order chi connectivity index (χ0) is 19.8. The van der Waals surface area contributed by atoms with Gasteiger partial charge in [-0.3, -0.25) is 4.79 Å². The SMILES string of the molecule is CC(C)[C@H]([NH2+]CC(=O)Nc1ccccc1Cc1ccccc1)c1ccccc1. The van der Waals surface area contributed by atoms with Crippen molar-refractivity contribution in [1.29, 1.82) is 0 Å². The quantitative estimate of drug-likeness (QED) is 0.611. The van der Waals surface area contributed by atoms with Crippen molar-refractivity contribution in [3.8, 4) is 0 Å². The van der Waals surface area contributed by atoms with Crippen molar-refractivity contribution in [3.63, 3.8) is 0 Å². The predicted octanol–water partition coefficient (Wildman–Crippen LogP) is 4.18. The van der Waals surface area contributed by atoms with E-state index in [1.54, 1.807) is 0 Å². The lowest BCUT2D eigenvalue weighted by Crippen LogP contribution is -2.88. The van der Waals surface area contributed by atoms with E-state index in [4.69, 9.17) is 0 Å². The van der Waals surface area contributed by atoms with Gasteiger partial charge >= 0.3 is 0 Å². The van der Waals surface area contributed by atoms with Crippen LogP contribution in [0.4, 0.5) is 5.69 Å². The van der Waals surface area contributed by atoms with E-state index in [0.717, 1.165) is 17.7 Å². The molecule has 3 aromatic carbocycles. The Bertz CT molecular complexity index is 875. The van der Waals surface area contributed by atoms with Crippen LogP contribution in [0.1, 0.15) is 36.6 Å². The third-order valence-electron chi connectivity index (χ3n) is 4.99. The van der Waals surface area contributed by atoms with Crippen LogP contribution in [-0.4, -0.2) is 12.5 Å². The van der Waals surface area contributed by atoms with E-state index in [2.05, 4.69) is 66.9 Å². The monoisotopic (exact) mass is 373 g/mol. The highest BCUT2D eigenvalue weighted by atomic mass is 16.1. The van der Waals surface area contributed by atoms with Gasteiger partial charge in [-0.25, -0.2) is 0 Å².